The highest BCUT2D eigenvalue weighted by Crippen LogP contribution is 1.94. The van der Waals surface area contributed by atoms with E-state index in [0.717, 1.165) is 0 Å². The molecule has 0 heterocycles. The molecule has 1 amide bonds. The lowest BCUT2D eigenvalue weighted by molar-refractivity contribution is -0.873. The molecule has 2 N–H and O–H groups in total. The highest BCUT2D eigenvalue weighted by Gasteiger charge is 2.15. The number of halogens is 1. The van der Waals surface area contributed by atoms with Crippen LogP contribution < -0.4 is 17.7 Å². The molecule has 0 aliphatic heterocycles. The van der Waals surface area contributed by atoms with Gasteiger partial charge in [-0.25, -0.2) is 0 Å². The number of aliphatic hydroxyl groups is 1. The summed E-state index contributed by atoms with van der Waals surface area (Å²) in [5.41, 5.74) is 0.461. The largest absolute Gasteiger partial charge is 1.00 e. The normalized spacial score (nSPS) is 12.6. The molecule has 15 heavy (non-hydrogen) atoms. The molecule has 1 unspecified atom stereocenters. The lowest BCUT2D eigenvalue weighted by Gasteiger charge is -2.26. The lowest BCUT2D eigenvalue weighted by Crippen LogP contribution is -3.00. The number of carbonyl (C=O) groups excluding carboxylic acids is 1. The standard InChI is InChI=1S/C10H20N2O2.ClH/c1-8(2)10(14)11-6-9(13)7-12(3,4)5;/h9,13H,1,6-7H2,2-5H3;1H. The fraction of sp³-hybridized carbons (Fsp3) is 0.700. The molecule has 0 aromatic rings. The molecular weight excluding hydrogens is 216 g/mol. The minimum Gasteiger partial charge on any atom is -1.00 e. The minimum absolute atomic E-state index is 0. The summed E-state index contributed by atoms with van der Waals surface area (Å²) >= 11 is 0. The van der Waals surface area contributed by atoms with Crippen molar-refractivity contribution in [3.8, 4) is 0 Å². The van der Waals surface area contributed by atoms with Gasteiger partial charge in [-0.15, -0.1) is 0 Å². The first-order valence-corrected chi connectivity index (χ1v) is 4.64. The highest BCUT2D eigenvalue weighted by molar-refractivity contribution is 5.92. The van der Waals surface area contributed by atoms with Crippen molar-refractivity contribution in [1.82, 2.24) is 5.32 Å². The van der Waals surface area contributed by atoms with Crippen LogP contribution in [0.5, 0.6) is 0 Å². The molecule has 0 rings (SSSR count). The summed E-state index contributed by atoms with van der Waals surface area (Å²) in [5.74, 6) is -0.203. The zero-order valence-corrected chi connectivity index (χ0v) is 10.6. The van der Waals surface area contributed by atoms with Gasteiger partial charge in [-0.3, -0.25) is 4.79 Å². The van der Waals surface area contributed by atoms with E-state index in [0.29, 0.717) is 16.6 Å². The van der Waals surface area contributed by atoms with E-state index in [1.165, 1.54) is 0 Å². The predicted octanol–water partition coefficient (Wildman–Crippen LogP) is -3.25. The Morgan fingerprint density at radius 3 is 2.27 bits per heavy atom. The number of hydrogen-bond donors (Lipinski definition) is 2. The number of likely N-dealkylation sites (N-methyl/N-ethyl adjacent to an activating group) is 1. The molecule has 0 radical (unpaired) electrons. The van der Waals surface area contributed by atoms with Gasteiger partial charge in [0.15, 0.2) is 0 Å². The Hall–Kier alpha value is -0.580. The van der Waals surface area contributed by atoms with Gasteiger partial charge in [0.05, 0.1) is 21.1 Å². The van der Waals surface area contributed by atoms with Crippen molar-refractivity contribution >= 4 is 5.91 Å². The summed E-state index contributed by atoms with van der Waals surface area (Å²) in [6, 6.07) is 0. The molecule has 0 spiro atoms. The average molecular weight is 237 g/mol. The Bertz CT molecular complexity index is 224. The summed E-state index contributed by atoms with van der Waals surface area (Å²) < 4.78 is 0.671. The summed E-state index contributed by atoms with van der Waals surface area (Å²) in [6.07, 6.45) is -0.515. The zero-order chi connectivity index (χ0) is 11.4. The van der Waals surface area contributed by atoms with Gasteiger partial charge in [-0.1, -0.05) is 6.58 Å². The van der Waals surface area contributed by atoms with Gasteiger partial charge in [-0.05, 0) is 6.92 Å². The molecule has 0 saturated carbocycles. The number of quaternary nitrogens is 1. The van der Waals surface area contributed by atoms with Crippen molar-refractivity contribution < 1.29 is 26.8 Å². The molecule has 90 valence electrons. The smallest absolute Gasteiger partial charge is 0.246 e. The monoisotopic (exact) mass is 236 g/mol. The fourth-order valence-electron chi connectivity index (χ4n) is 1.06. The first-order valence-electron chi connectivity index (χ1n) is 4.64. The molecule has 1 atom stereocenters. The predicted molar refractivity (Wildman–Crippen MR) is 56.7 cm³/mol. The minimum atomic E-state index is -0.515. The first-order chi connectivity index (χ1) is 6.22. The molecular formula is C10H21ClN2O2. The van der Waals surface area contributed by atoms with Gasteiger partial charge in [-0.2, -0.15) is 0 Å². The highest BCUT2D eigenvalue weighted by atomic mass is 35.5. The maximum Gasteiger partial charge on any atom is 0.246 e. The number of nitrogens with zero attached hydrogens (tertiary/aromatic N) is 1. The zero-order valence-electron chi connectivity index (χ0n) is 9.88. The van der Waals surface area contributed by atoms with Crippen molar-refractivity contribution in [3.05, 3.63) is 12.2 Å². The van der Waals surface area contributed by atoms with Crippen LogP contribution in [0.15, 0.2) is 12.2 Å². The molecule has 0 aliphatic carbocycles. The van der Waals surface area contributed by atoms with Crippen LogP contribution in [-0.2, 0) is 4.79 Å². The van der Waals surface area contributed by atoms with E-state index >= 15 is 0 Å². The van der Waals surface area contributed by atoms with Crippen molar-refractivity contribution in [3.63, 3.8) is 0 Å². The molecule has 0 fully saturated rings. The van der Waals surface area contributed by atoms with E-state index in [4.69, 9.17) is 0 Å². The maximum atomic E-state index is 11.1. The second-order valence-electron chi connectivity index (χ2n) is 4.62. The van der Waals surface area contributed by atoms with Crippen LogP contribution in [0, 0.1) is 0 Å². The third-order valence-electron chi connectivity index (χ3n) is 1.64. The Morgan fingerprint density at radius 2 is 1.93 bits per heavy atom. The van der Waals surface area contributed by atoms with Crippen LogP contribution in [0.25, 0.3) is 0 Å². The molecule has 0 aliphatic rings. The number of rotatable bonds is 5. The molecule has 0 bridgehead atoms. The Kier molecular flexibility index (Phi) is 7.66. The van der Waals surface area contributed by atoms with Gasteiger partial charge < -0.3 is 27.3 Å². The van der Waals surface area contributed by atoms with Crippen LogP contribution in [0.1, 0.15) is 6.92 Å². The first kappa shape index (κ1) is 16.8. The van der Waals surface area contributed by atoms with E-state index in [9.17, 15) is 9.90 Å². The quantitative estimate of drug-likeness (QED) is 0.389. The van der Waals surface area contributed by atoms with Crippen molar-refractivity contribution in [2.75, 3.05) is 34.2 Å². The molecule has 0 aromatic carbocycles. The summed E-state index contributed by atoms with van der Waals surface area (Å²) in [4.78, 5) is 11.1. The van der Waals surface area contributed by atoms with Crippen molar-refractivity contribution in [1.29, 1.82) is 0 Å². The van der Waals surface area contributed by atoms with Crippen LogP contribution in [0.3, 0.4) is 0 Å². The van der Waals surface area contributed by atoms with Gasteiger partial charge in [0.25, 0.3) is 0 Å². The molecule has 5 heteroatoms. The van der Waals surface area contributed by atoms with E-state index in [-0.39, 0.29) is 24.9 Å². The number of carbonyl (C=O) groups is 1. The van der Waals surface area contributed by atoms with Gasteiger partial charge in [0.1, 0.15) is 12.6 Å². The lowest BCUT2D eigenvalue weighted by atomic mass is 10.3. The van der Waals surface area contributed by atoms with Crippen LogP contribution in [0.2, 0.25) is 0 Å². The topological polar surface area (TPSA) is 49.3 Å². The van der Waals surface area contributed by atoms with Crippen LogP contribution in [-0.4, -0.2) is 55.8 Å². The maximum absolute atomic E-state index is 11.1. The summed E-state index contributed by atoms with van der Waals surface area (Å²) in [7, 11) is 5.97. The SMILES string of the molecule is C=C(C)C(=O)NCC(O)C[N+](C)(C)C.[Cl-]. The second-order valence-corrected chi connectivity index (χ2v) is 4.62. The van der Waals surface area contributed by atoms with Crippen molar-refractivity contribution in [2.45, 2.75) is 13.0 Å². The number of amides is 1. The number of nitrogens with one attached hydrogen (secondary N) is 1. The van der Waals surface area contributed by atoms with Gasteiger partial charge in [0, 0.05) is 12.1 Å². The molecule has 0 saturated heterocycles. The van der Waals surface area contributed by atoms with Gasteiger partial charge in [0.2, 0.25) is 5.91 Å². The van der Waals surface area contributed by atoms with Gasteiger partial charge >= 0.3 is 0 Å². The van der Waals surface area contributed by atoms with Crippen molar-refractivity contribution in [2.24, 2.45) is 0 Å². The summed E-state index contributed by atoms with van der Waals surface area (Å²) in [6.45, 7) is 6.04. The Morgan fingerprint density at radius 1 is 1.47 bits per heavy atom. The van der Waals surface area contributed by atoms with Crippen LogP contribution >= 0.6 is 0 Å². The number of aliphatic hydroxyl groups excluding tert-OH is 1. The van der Waals surface area contributed by atoms with E-state index in [1.54, 1.807) is 6.92 Å². The van der Waals surface area contributed by atoms with E-state index in [2.05, 4.69) is 11.9 Å². The fourth-order valence-corrected chi connectivity index (χ4v) is 1.06. The second kappa shape index (κ2) is 6.82. The molecule has 4 nitrogen and oxygen atoms in total. The third kappa shape index (κ3) is 9.72. The Labute approximate surface area is 98.0 Å². The molecule has 0 aromatic heterocycles. The average Bonchev–Trinajstić information content (AvgIpc) is 1.96. The Balaban J connectivity index is 0. The number of hydrogen-bond acceptors (Lipinski definition) is 2. The van der Waals surface area contributed by atoms with E-state index in [1.807, 2.05) is 21.1 Å². The van der Waals surface area contributed by atoms with E-state index < -0.39 is 6.10 Å². The third-order valence-corrected chi connectivity index (χ3v) is 1.64. The van der Waals surface area contributed by atoms with Crippen LogP contribution in [0.4, 0.5) is 0 Å². The summed E-state index contributed by atoms with van der Waals surface area (Å²) in [5, 5.41) is 12.2.